The lowest BCUT2D eigenvalue weighted by Gasteiger charge is -2.18. The van der Waals surface area contributed by atoms with E-state index in [9.17, 15) is 8.42 Å². The average molecular weight is 394 g/mol. The van der Waals surface area contributed by atoms with Crippen molar-refractivity contribution in [1.82, 2.24) is 4.98 Å². The van der Waals surface area contributed by atoms with E-state index in [0.717, 1.165) is 17.2 Å². The van der Waals surface area contributed by atoms with Gasteiger partial charge in [-0.1, -0.05) is 41.9 Å². The summed E-state index contributed by atoms with van der Waals surface area (Å²) in [6, 6.07) is 16.6. The lowest BCUT2D eigenvalue weighted by molar-refractivity contribution is 0.603. The molecule has 0 radical (unpaired) electrons. The Morgan fingerprint density at radius 3 is 2.48 bits per heavy atom. The molecule has 0 saturated carbocycles. The van der Waals surface area contributed by atoms with Gasteiger partial charge < -0.3 is 4.90 Å². The van der Waals surface area contributed by atoms with Crippen LogP contribution in [-0.4, -0.2) is 20.4 Å². The van der Waals surface area contributed by atoms with Crippen LogP contribution < -0.4 is 9.62 Å². The van der Waals surface area contributed by atoms with Crippen LogP contribution in [0.5, 0.6) is 0 Å². The van der Waals surface area contributed by atoms with Crippen molar-refractivity contribution in [3.63, 3.8) is 0 Å². The van der Waals surface area contributed by atoms with Crippen molar-refractivity contribution >= 4 is 44.5 Å². The SMILES string of the molecule is CN(Cc1ccccc1)c1ccc(NS(=O)(=O)c2ccc(Cl)s2)cn1. The molecule has 0 atom stereocenters. The molecule has 3 rings (SSSR count). The molecule has 8 heteroatoms. The largest absolute Gasteiger partial charge is 0.355 e. The molecule has 2 aromatic heterocycles. The highest BCUT2D eigenvalue weighted by atomic mass is 35.5. The molecule has 1 aromatic carbocycles. The second kappa shape index (κ2) is 7.43. The minimum atomic E-state index is -3.64. The molecule has 0 aliphatic rings. The number of anilines is 2. The van der Waals surface area contributed by atoms with Gasteiger partial charge in [-0.05, 0) is 29.8 Å². The van der Waals surface area contributed by atoms with Crippen molar-refractivity contribution in [3.05, 3.63) is 70.7 Å². The summed E-state index contributed by atoms with van der Waals surface area (Å²) in [5.41, 5.74) is 1.58. The first-order valence-electron chi connectivity index (χ1n) is 7.43. The predicted octanol–water partition coefficient (Wildman–Crippen LogP) is 4.23. The van der Waals surface area contributed by atoms with Gasteiger partial charge in [0.05, 0.1) is 16.2 Å². The van der Waals surface area contributed by atoms with E-state index in [1.54, 1.807) is 18.2 Å². The Hall–Kier alpha value is -2.09. The van der Waals surface area contributed by atoms with Gasteiger partial charge in [0, 0.05) is 13.6 Å². The van der Waals surface area contributed by atoms with Crippen LogP contribution in [-0.2, 0) is 16.6 Å². The van der Waals surface area contributed by atoms with Crippen LogP contribution in [0.4, 0.5) is 11.5 Å². The summed E-state index contributed by atoms with van der Waals surface area (Å²) >= 11 is 6.81. The highest BCUT2D eigenvalue weighted by Crippen LogP contribution is 2.27. The van der Waals surface area contributed by atoms with Crippen molar-refractivity contribution in [1.29, 1.82) is 0 Å². The average Bonchev–Trinajstić information content (AvgIpc) is 3.03. The van der Waals surface area contributed by atoms with Gasteiger partial charge in [-0.25, -0.2) is 13.4 Å². The molecule has 0 aliphatic carbocycles. The maximum Gasteiger partial charge on any atom is 0.271 e. The summed E-state index contributed by atoms with van der Waals surface area (Å²) in [7, 11) is -1.71. The second-order valence-corrected chi connectivity index (χ2v) is 9.04. The molecule has 1 N–H and O–H groups in total. The van der Waals surface area contributed by atoms with Gasteiger partial charge in [0.25, 0.3) is 10.0 Å². The third kappa shape index (κ3) is 4.50. The summed E-state index contributed by atoms with van der Waals surface area (Å²) in [5, 5.41) is 0. The van der Waals surface area contributed by atoms with E-state index in [2.05, 4.69) is 9.71 Å². The number of nitrogens with one attached hydrogen (secondary N) is 1. The van der Waals surface area contributed by atoms with Gasteiger partial charge in [-0.2, -0.15) is 0 Å². The first-order valence-corrected chi connectivity index (χ1v) is 10.1. The summed E-state index contributed by atoms with van der Waals surface area (Å²) < 4.78 is 27.7. The molecule has 0 unspecified atom stereocenters. The lowest BCUT2D eigenvalue weighted by atomic mass is 10.2. The minimum absolute atomic E-state index is 0.169. The smallest absolute Gasteiger partial charge is 0.271 e. The molecule has 0 spiro atoms. The number of thiophene rings is 1. The van der Waals surface area contributed by atoms with Crippen LogP contribution in [0, 0.1) is 0 Å². The predicted molar refractivity (Wildman–Crippen MR) is 103 cm³/mol. The van der Waals surface area contributed by atoms with Crippen LogP contribution >= 0.6 is 22.9 Å². The fourth-order valence-electron chi connectivity index (χ4n) is 2.26. The standard InChI is InChI=1S/C17H16ClN3O2S2/c1-21(12-13-5-3-2-4-6-13)16-9-7-14(11-19-16)20-25(22,23)17-10-8-15(18)24-17/h2-11,20H,12H2,1H3. The van der Waals surface area contributed by atoms with E-state index in [0.29, 0.717) is 16.6 Å². The number of benzene rings is 1. The van der Waals surface area contributed by atoms with Crippen LogP contribution in [0.15, 0.2) is 65.0 Å². The van der Waals surface area contributed by atoms with Crippen LogP contribution in [0.25, 0.3) is 0 Å². The lowest BCUT2D eigenvalue weighted by Crippen LogP contribution is -2.18. The summed E-state index contributed by atoms with van der Waals surface area (Å²) in [4.78, 5) is 6.33. The Morgan fingerprint density at radius 2 is 1.88 bits per heavy atom. The molecule has 2 heterocycles. The van der Waals surface area contributed by atoms with Crippen molar-refractivity contribution in [2.45, 2.75) is 10.8 Å². The molecule has 0 fully saturated rings. The zero-order valence-corrected chi connectivity index (χ0v) is 15.8. The van der Waals surface area contributed by atoms with Crippen LogP contribution in [0.3, 0.4) is 0 Å². The second-order valence-electron chi connectivity index (χ2n) is 5.41. The molecule has 0 amide bonds. The molecule has 0 bridgehead atoms. The number of hydrogen-bond donors (Lipinski definition) is 1. The van der Waals surface area contributed by atoms with Gasteiger partial charge in [-0.15, -0.1) is 11.3 Å². The molecule has 0 saturated heterocycles. The Morgan fingerprint density at radius 1 is 1.12 bits per heavy atom. The number of rotatable bonds is 6. The number of sulfonamides is 1. The third-order valence-corrected chi connectivity index (χ3v) is 6.57. The first-order chi connectivity index (χ1) is 11.9. The Bertz CT molecular complexity index is 942. The number of pyridine rings is 1. The van der Waals surface area contributed by atoms with E-state index in [4.69, 9.17) is 11.6 Å². The quantitative estimate of drug-likeness (QED) is 0.680. The normalized spacial score (nSPS) is 11.3. The Labute approximate surface area is 156 Å². The third-order valence-electron chi connectivity index (χ3n) is 3.47. The Kier molecular flexibility index (Phi) is 5.27. The molecule has 130 valence electrons. The molecule has 3 aromatic rings. The summed E-state index contributed by atoms with van der Waals surface area (Å²) in [6.45, 7) is 0.715. The first kappa shape index (κ1) is 17.7. The summed E-state index contributed by atoms with van der Waals surface area (Å²) in [6.07, 6.45) is 1.50. The Balaban J connectivity index is 1.70. The van der Waals surface area contributed by atoms with E-state index in [1.165, 1.54) is 17.8 Å². The summed E-state index contributed by atoms with van der Waals surface area (Å²) in [5.74, 6) is 0.756. The van der Waals surface area contributed by atoms with Gasteiger partial charge >= 0.3 is 0 Å². The zero-order chi connectivity index (χ0) is 17.9. The highest BCUT2D eigenvalue weighted by Gasteiger charge is 2.17. The fraction of sp³-hybridized carbons (Fsp3) is 0.118. The van der Waals surface area contributed by atoms with E-state index >= 15 is 0 Å². The number of halogens is 1. The molecule has 5 nitrogen and oxygen atoms in total. The van der Waals surface area contributed by atoms with Crippen molar-refractivity contribution in [2.24, 2.45) is 0 Å². The minimum Gasteiger partial charge on any atom is -0.355 e. The topological polar surface area (TPSA) is 62.3 Å². The van der Waals surface area contributed by atoms with E-state index < -0.39 is 10.0 Å². The zero-order valence-electron chi connectivity index (χ0n) is 13.4. The molecule has 25 heavy (non-hydrogen) atoms. The number of nitrogens with zero attached hydrogens (tertiary/aromatic N) is 2. The fourth-order valence-corrected chi connectivity index (χ4v) is 4.78. The maximum absolute atomic E-state index is 12.3. The highest BCUT2D eigenvalue weighted by molar-refractivity contribution is 7.94. The van der Waals surface area contributed by atoms with Gasteiger partial charge in [0.2, 0.25) is 0 Å². The van der Waals surface area contributed by atoms with Gasteiger partial charge in [0.1, 0.15) is 10.0 Å². The maximum atomic E-state index is 12.3. The molecular weight excluding hydrogens is 378 g/mol. The van der Waals surface area contributed by atoms with Crippen molar-refractivity contribution in [2.75, 3.05) is 16.7 Å². The number of aromatic nitrogens is 1. The number of hydrogen-bond acceptors (Lipinski definition) is 5. The molecule has 0 aliphatic heterocycles. The van der Waals surface area contributed by atoms with Gasteiger partial charge in [0.15, 0.2) is 0 Å². The molecular formula is C17H16ClN3O2S2. The van der Waals surface area contributed by atoms with Crippen molar-refractivity contribution in [3.8, 4) is 0 Å². The van der Waals surface area contributed by atoms with E-state index in [-0.39, 0.29) is 4.21 Å². The van der Waals surface area contributed by atoms with Crippen LogP contribution in [0.2, 0.25) is 4.34 Å². The van der Waals surface area contributed by atoms with Crippen LogP contribution in [0.1, 0.15) is 5.56 Å². The van der Waals surface area contributed by atoms with E-state index in [1.807, 2.05) is 42.3 Å². The van der Waals surface area contributed by atoms with Crippen molar-refractivity contribution < 1.29 is 8.42 Å². The monoisotopic (exact) mass is 393 g/mol. The van der Waals surface area contributed by atoms with Gasteiger partial charge in [-0.3, -0.25) is 4.72 Å².